The fourth-order valence-electron chi connectivity index (χ4n) is 3.73. The Labute approximate surface area is 165 Å². The normalized spacial score (nSPS) is 17.7. The quantitative estimate of drug-likeness (QED) is 0.613. The zero-order valence-corrected chi connectivity index (χ0v) is 16.5. The fourth-order valence-corrected chi connectivity index (χ4v) is 3.73. The largest absolute Gasteiger partial charge is 0.463 e. The molecule has 7 nitrogen and oxygen atoms in total. The maximum atomic E-state index is 5.57. The lowest BCUT2D eigenvalue weighted by molar-refractivity contribution is 0.183. The number of aromatic nitrogens is 3. The summed E-state index contributed by atoms with van der Waals surface area (Å²) in [4.78, 5) is 11.7. The lowest BCUT2D eigenvalue weighted by atomic mass is 10.0. The van der Waals surface area contributed by atoms with E-state index in [1.165, 1.54) is 25.9 Å². The molecule has 0 saturated carbocycles. The number of rotatable bonds is 7. The topological polar surface area (TPSA) is 80.2 Å². The van der Waals surface area contributed by atoms with Crippen molar-refractivity contribution in [3.63, 3.8) is 0 Å². The maximum absolute atomic E-state index is 5.57. The van der Waals surface area contributed by atoms with Crippen LogP contribution in [0.25, 0.3) is 22.8 Å². The number of piperidine rings is 1. The number of nitrogens with one attached hydrogen (secondary N) is 1. The van der Waals surface area contributed by atoms with Gasteiger partial charge in [-0.3, -0.25) is 0 Å². The minimum atomic E-state index is 0.596. The van der Waals surface area contributed by atoms with E-state index in [2.05, 4.69) is 32.3 Å². The van der Waals surface area contributed by atoms with E-state index in [4.69, 9.17) is 8.94 Å². The van der Waals surface area contributed by atoms with Crippen molar-refractivity contribution in [2.24, 2.45) is 5.92 Å². The highest BCUT2D eigenvalue weighted by Crippen LogP contribution is 2.31. The number of hydrogen-bond donors (Lipinski definition) is 1. The summed E-state index contributed by atoms with van der Waals surface area (Å²) in [5, 5.41) is 7.31. The lowest BCUT2D eigenvalue weighted by Crippen LogP contribution is -2.35. The molecule has 4 heterocycles. The molecule has 3 aromatic heterocycles. The van der Waals surface area contributed by atoms with Gasteiger partial charge in [0.1, 0.15) is 5.69 Å². The molecule has 28 heavy (non-hydrogen) atoms. The molecule has 7 heteroatoms. The molecule has 0 radical (unpaired) electrons. The molecule has 0 spiro atoms. The van der Waals surface area contributed by atoms with E-state index >= 15 is 0 Å². The van der Waals surface area contributed by atoms with Crippen LogP contribution in [0.2, 0.25) is 0 Å². The number of nitrogens with zero attached hydrogens (tertiary/aromatic N) is 4. The van der Waals surface area contributed by atoms with Gasteiger partial charge in [0.15, 0.2) is 11.5 Å². The monoisotopic (exact) mass is 381 g/mol. The zero-order valence-electron chi connectivity index (χ0n) is 16.5. The molecule has 3 aromatic rings. The first kappa shape index (κ1) is 18.7. The standard InChI is InChI=1S/C21H27N5O2/c1-15-6-3-9-26(14-15)10-5-8-22-21-23-13-17(19-12-16(2)25-28-19)20(24-21)18-7-4-11-27-18/h4,7,11-13,15H,3,5-6,8-10,14H2,1-2H3,(H,22,23,24). The summed E-state index contributed by atoms with van der Waals surface area (Å²) >= 11 is 0. The first-order valence-corrected chi connectivity index (χ1v) is 10.00. The molecule has 148 valence electrons. The van der Waals surface area contributed by atoms with Crippen LogP contribution in [0.15, 0.2) is 39.6 Å². The van der Waals surface area contributed by atoms with Gasteiger partial charge >= 0.3 is 0 Å². The van der Waals surface area contributed by atoms with Crippen LogP contribution in [-0.4, -0.2) is 46.2 Å². The van der Waals surface area contributed by atoms with Crippen LogP contribution >= 0.6 is 0 Å². The first-order chi connectivity index (χ1) is 13.7. The van der Waals surface area contributed by atoms with Gasteiger partial charge in [-0.1, -0.05) is 12.1 Å². The van der Waals surface area contributed by atoms with Gasteiger partial charge in [0.2, 0.25) is 5.95 Å². The lowest BCUT2D eigenvalue weighted by Gasteiger charge is -2.30. The molecule has 1 aliphatic rings. The van der Waals surface area contributed by atoms with Crippen LogP contribution in [0.5, 0.6) is 0 Å². The minimum absolute atomic E-state index is 0.596. The Kier molecular flexibility index (Phi) is 5.71. The third-order valence-corrected chi connectivity index (χ3v) is 5.11. The molecule has 1 unspecified atom stereocenters. The van der Waals surface area contributed by atoms with Gasteiger partial charge in [-0.2, -0.15) is 0 Å². The highest BCUT2D eigenvalue weighted by Gasteiger charge is 2.18. The van der Waals surface area contributed by atoms with Crippen LogP contribution in [-0.2, 0) is 0 Å². The fraction of sp³-hybridized carbons (Fsp3) is 0.476. The average Bonchev–Trinajstić information content (AvgIpc) is 3.37. The predicted molar refractivity (Wildman–Crippen MR) is 108 cm³/mol. The Bertz CT molecular complexity index is 890. The third-order valence-electron chi connectivity index (χ3n) is 5.11. The molecular weight excluding hydrogens is 354 g/mol. The van der Waals surface area contributed by atoms with Gasteiger partial charge in [-0.15, -0.1) is 0 Å². The van der Waals surface area contributed by atoms with E-state index in [0.717, 1.165) is 36.7 Å². The van der Waals surface area contributed by atoms with Gasteiger partial charge in [-0.25, -0.2) is 9.97 Å². The van der Waals surface area contributed by atoms with Crippen molar-refractivity contribution in [1.29, 1.82) is 0 Å². The summed E-state index contributed by atoms with van der Waals surface area (Å²) in [6, 6.07) is 5.60. The van der Waals surface area contributed by atoms with Crippen LogP contribution < -0.4 is 5.32 Å². The minimum Gasteiger partial charge on any atom is -0.463 e. The van der Waals surface area contributed by atoms with E-state index < -0.39 is 0 Å². The van der Waals surface area contributed by atoms with Crippen molar-refractivity contribution < 1.29 is 8.94 Å². The summed E-state index contributed by atoms with van der Waals surface area (Å²) in [5.41, 5.74) is 2.28. The smallest absolute Gasteiger partial charge is 0.223 e. The molecule has 0 aromatic carbocycles. The van der Waals surface area contributed by atoms with Crippen molar-refractivity contribution >= 4 is 5.95 Å². The summed E-state index contributed by atoms with van der Waals surface area (Å²) in [6.45, 7) is 8.60. The van der Waals surface area contributed by atoms with Crippen LogP contribution in [0.3, 0.4) is 0 Å². The van der Waals surface area contributed by atoms with Crippen LogP contribution in [0.4, 0.5) is 5.95 Å². The van der Waals surface area contributed by atoms with Crippen molar-refractivity contribution in [3.8, 4) is 22.8 Å². The Morgan fingerprint density at radius 3 is 3.00 bits per heavy atom. The molecule has 1 N–H and O–H groups in total. The van der Waals surface area contributed by atoms with E-state index in [0.29, 0.717) is 23.2 Å². The highest BCUT2D eigenvalue weighted by molar-refractivity contribution is 5.75. The molecule has 1 atom stereocenters. The average molecular weight is 381 g/mol. The van der Waals surface area contributed by atoms with E-state index in [1.54, 1.807) is 12.5 Å². The number of hydrogen-bond acceptors (Lipinski definition) is 7. The van der Waals surface area contributed by atoms with Crippen molar-refractivity contribution in [2.75, 3.05) is 31.5 Å². The molecule has 1 fully saturated rings. The van der Waals surface area contributed by atoms with Gasteiger partial charge in [-0.05, 0) is 57.3 Å². The number of likely N-dealkylation sites (tertiary alicyclic amines) is 1. The van der Waals surface area contributed by atoms with E-state index in [9.17, 15) is 0 Å². The second kappa shape index (κ2) is 8.56. The van der Waals surface area contributed by atoms with E-state index in [1.807, 2.05) is 25.1 Å². The highest BCUT2D eigenvalue weighted by atomic mass is 16.5. The summed E-state index contributed by atoms with van der Waals surface area (Å²) in [5.74, 6) is 2.72. The van der Waals surface area contributed by atoms with Gasteiger partial charge in [0.25, 0.3) is 0 Å². The maximum Gasteiger partial charge on any atom is 0.223 e. The number of furan rings is 1. The third kappa shape index (κ3) is 4.42. The summed E-state index contributed by atoms with van der Waals surface area (Å²) in [6.07, 6.45) is 7.14. The molecule has 0 aliphatic carbocycles. The van der Waals surface area contributed by atoms with Crippen molar-refractivity contribution in [2.45, 2.75) is 33.1 Å². The van der Waals surface area contributed by atoms with Gasteiger partial charge in [0.05, 0.1) is 17.5 Å². The van der Waals surface area contributed by atoms with Gasteiger partial charge < -0.3 is 19.2 Å². The molecule has 1 saturated heterocycles. The van der Waals surface area contributed by atoms with Gasteiger partial charge in [0, 0.05) is 25.4 Å². The molecule has 4 rings (SSSR count). The summed E-state index contributed by atoms with van der Waals surface area (Å²) in [7, 11) is 0. The van der Waals surface area contributed by atoms with Crippen LogP contribution in [0, 0.1) is 12.8 Å². The van der Waals surface area contributed by atoms with E-state index in [-0.39, 0.29) is 0 Å². The predicted octanol–water partition coefficient (Wildman–Crippen LogP) is 4.23. The zero-order chi connectivity index (χ0) is 19.3. The SMILES string of the molecule is Cc1cc(-c2cnc(NCCCN3CCCC(C)C3)nc2-c2ccco2)on1. The second-order valence-corrected chi connectivity index (χ2v) is 7.59. The Hall–Kier alpha value is -2.67. The number of aryl methyl sites for hydroxylation is 1. The Balaban J connectivity index is 1.43. The van der Waals surface area contributed by atoms with Crippen molar-refractivity contribution in [3.05, 3.63) is 36.4 Å². The second-order valence-electron chi connectivity index (χ2n) is 7.59. The molecular formula is C21H27N5O2. The molecule has 1 aliphatic heterocycles. The van der Waals surface area contributed by atoms with Crippen LogP contribution in [0.1, 0.15) is 31.9 Å². The first-order valence-electron chi connectivity index (χ1n) is 10.00. The number of anilines is 1. The Morgan fingerprint density at radius 2 is 2.25 bits per heavy atom. The van der Waals surface area contributed by atoms with Crippen molar-refractivity contribution in [1.82, 2.24) is 20.0 Å². The summed E-state index contributed by atoms with van der Waals surface area (Å²) < 4.78 is 11.0. The molecule has 0 bridgehead atoms. The Morgan fingerprint density at radius 1 is 1.32 bits per heavy atom. The molecule has 0 amide bonds.